The Balaban J connectivity index is 1.96. The van der Waals surface area contributed by atoms with E-state index < -0.39 is 0 Å². The van der Waals surface area contributed by atoms with E-state index in [9.17, 15) is 4.79 Å². The topological polar surface area (TPSA) is 49.6 Å². The lowest BCUT2D eigenvalue weighted by atomic mass is 9.95. The van der Waals surface area contributed by atoms with Crippen molar-refractivity contribution in [3.8, 4) is 0 Å². The van der Waals surface area contributed by atoms with E-state index in [4.69, 9.17) is 5.73 Å². The van der Waals surface area contributed by atoms with Crippen LogP contribution in [0.2, 0.25) is 0 Å². The van der Waals surface area contributed by atoms with Gasteiger partial charge in [0.15, 0.2) is 0 Å². The maximum atomic E-state index is 12.6. The first-order valence-corrected chi connectivity index (χ1v) is 9.70. The van der Waals surface area contributed by atoms with Crippen molar-refractivity contribution >= 4 is 5.91 Å². The van der Waals surface area contributed by atoms with Crippen LogP contribution in [0.5, 0.6) is 0 Å². The van der Waals surface area contributed by atoms with Crippen LogP contribution in [0.4, 0.5) is 0 Å². The predicted octanol–water partition coefficient (Wildman–Crippen LogP) is 3.12. The highest BCUT2D eigenvalue weighted by atomic mass is 16.2. The van der Waals surface area contributed by atoms with Crippen LogP contribution in [0.25, 0.3) is 0 Å². The van der Waals surface area contributed by atoms with Crippen molar-refractivity contribution in [2.24, 2.45) is 17.6 Å². The number of carbonyl (C=O) groups is 1. The highest BCUT2D eigenvalue weighted by Gasteiger charge is 2.29. The van der Waals surface area contributed by atoms with Gasteiger partial charge in [0.25, 0.3) is 0 Å². The molecule has 2 N–H and O–H groups in total. The number of carbonyl (C=O) groups excluding carboxylic acids is 1. The van der Waals surface area contributed by atoms with Crippen LogP contribution in [0, 0.1) is 11.8 Å². The Hall–Kier alpha value is -1.39. The van der Waals surface area contributed by atoms with E-state index in [-0.39, 0.29) is 17.9 Å². The summed E-state index contributed by atoms with van der Waals surface area (Å²) in [6, 6.07) is 10.8. The molecular formula is C21H35N3O. The van der Waals surface area contributed by atoms with Gasteiger partial charge in [-0.25, -0.2) is 0 Å². The second-order valence-electron chi connectivity index (χ2n) is 8.07. The first kappa shape index (κ1) is 19.9. The molecule has 2 atom stereocenters. The van der Waals surface area contributed by atoms with Gasteiger partial charge in [-0.05, 0) is 44.1 Å². The summed E-state index contributed by atoms with van der Waals surface area (Å²) in [7, 11) is 0. The van der Waals surface area contributed by atoms with E-state index in [1.807, 2.05) is 18.7 Å². The zero-order valence-corrected chi connectivity index (χ0v) is 16.3. The Morgan fingerprint density at radius 3 is 2.52 bits per heavy atom. The molecule has 1 saturated heterocycles. The molecule has 1 fully saturated rings. The molecule has 0 spiro atoms. The molecule has 0 saturated carbocycles. The molecule has 1 heterocycles. The Morgan fingerprint density at radius 2 is 1.92 bits per heavy atom. The van der Waals surface area contributed by atoms with Crippen molar-refractivity contribution in [1.82, 2.24) is 9.80 Å². The maximum Gasteiger partial charge on any atom is 0.239 e. The van der Waals surface area contributed by atoms with Crippen LogP contribution < -0.4 is 5.73 Å². The maximum absolute atomic E-state index is 12.6. The van der Waals surface area contributed by atoms with Gasteiger partial charge in [-0.3, -0.25) is 9.69 Å². The average molecular weight is 346 g/mol. The van der Waals surface area contributed by atoms with E-state index in [2.05, 4.69) is 49.1 Å². The standard InChI is InChI=1S/C21H35N3O/c1-16(2)20(22)21(25)23-12-8-11-19(14-23)15-24(17(3)4)13-18-9-6-5-7-10-18/h5-7,9-10,16-17,19-20H,8,11-15,22H2,1-4H3/t19-,20-/m0/s1. The quantitative estimate of drug-likeness (QED) is 0.826. The Morgan fingerprint density at radius 1 is 1.24 bits per heavy atom. The number of amides is 1. The van der Waals surface area contributed by atoms with Crippen LogP contribution >= 0.6 is 0 Å². The van der Waals surface area contributed by atoms with Gasteiger partial charge in [-0.1, -0.05) is 44.2 Å². The third-order valence-corrected chi connectivity index (χ3v) is 5.29. The minimum absolute atomic E-state index is 0.124. The molecule has 25 heavy (non-hydrogen) atoms. The normalized spacial score (nSPS) is 19.7. The summed E-state index contributed by atoms with van der Waals surface area (Å²) in [5.74, 6) is 0.847. The van der Waals surface area contributed by atoms with Gasteiger partial charge in [0.2, 0.25) is 5.91 Å². The summed E-state index contributed by atoms with van der Waals surface area (Å²) in [6.07, 6.45) is 2.28. The highest BCUT2D eigenvalue weighted by Crippen LogP contribution is 2.21. The van der Waals surface area contributed by atoms with E-state index >= 15 is 0 Å². The molecule has 1 aromatic rings. The van der Waals surface area contributed by atoms with E-state index in [1.165, 1.54) is 12.0 Å². The Bertz CT molecular complexity index is 529. The molecule has 0 aromatic heterocycles. The van der Waals surface area contributed by atoms with Gasteiger partial charge < -0.3 is 10.6 Å². The molecule has 2 rings (SSSR count). The van der Waals surface area contributed by atoms with Crippen molar-refractivity contribution < 1.29 is 4.79 Å². The lowest BCUT2D eigenvalue weighted by molar-refractivity contribution is -0.135. The number of piperidine rings is 1. The lowest BCUT2D eigenvalue weighted by Gasteiger charge is -2.38. The Kier molecular flexibility index (Phi) is 7.45. The lowest BCUT2D eigenvalue weighted by Crippen LogP contribution is -2.51. The molecule has 1 amide bonds. The van der Waals surface area contributed by atoms with Gasteiger partial charge in [0.05, 0.1) is 6.04 Å². The minimum Gasteiger partial charge on any atom is -0.341 e. The third kappa shape index (κ3) is 5.82. The van der Waals surface area contributed by atoms with Gasteiger partial charge in [-0.2, -0.15) is 0 Å². The number of hydrogen-bond acceptors (Lipinski definition) is 3. The molecule has 140 valence electrons. The van der Waals surface area contributed by atoms with Crippen molar-refractivity contribution in [3.63, 3.8) is 0 Å². The van der Waals surface area contributed by atoms with Crippen LogP contribution in [0.15, 0.2) is 30.3 Å². The first-order chi connectivity index (χ1) is 11.9. The molecule has 0 bridgehead atoms. The SMILES string of the molecule is CC(C)[C@H](N)C(=O)N1CCC[C@H](CN(Cc2ccccc2)C(C)C)C1. The van der Waals surface area contributed by atoms with Crippen molar-refractivity contribution in [2.75, 3.05) is 19.6 Å². The molecule has 1 aliphatic rings. The first-order valence-electron chi connectivity index (χ1n) is 9.70. The van der Waals surface area contributed by atoms with Gasteiger partial charge in [0, 0.05) is 32.2 Å². The van der Waals surface area contributed by atoms with E-state index in [1.54, 1.807) is 0 Å². The summed E-state index contributed by atoms with van der Waals surface area (Å²) in [4.78, 5) is 17.1. The van der Waals surface area contributed by atoms with Crippen LogP contribution in [0.1, 0.15) is 46.1 Å². The molecule has 0 unspecified atom stereocenters. The third-order valence-electron chi connectivity index (χ3n) is 5.29. The second kappa shape index (κ2) is 9.35. The predicted molar refractivity (Wildman–Crippen MR) is 104 cm³/mol. The van der Waals surface area contributed by atoms with Crippen molar-refractivity contribution in [1.29, 1.82) is 0 Å². The summed E-state index contributed by atoms with van der Waals surface area (Å²) >= 11 is 0. The average Bonchev–Trinajstić information content (AvgIpc) is 2.60. The summed E-state index contributed by atoms with van der Waals surface area (Å²) in [6.45, 7) is 12.2. The van der Waals surface area contributed by atoms with Crippen molar-refractivity contribution in [3.05, 3.63) is 35.9 Å². The monoisotopic (exact) mass is 345 g/mol. The minimum atomic E-state index is -0.371. The molecule has 0 radical (unpaired) electrons. The van der Waals surface area contributed by atoms with Crippen LogP contribution in [0.3, 0.4) is 0 Å². The van der Waals surface area contributed by atoms with E-state index in [0.29, 0.717) is 12.0 Å². The molecular weight excluding hydrogens is 310 g/mol. The van der Waals surface area contributed by atoms with Gasteiger partial charge in [-0.15, -0.1) is 0 Å². The number of nitrogens with two attached hydrogens (primary N) is 1. The Labute approximate surface area is 153 Å². The molecule has 1 aromatic carbocycles. The summed E-state index contributed by atoms with van der Waals surface area (Å²) < 4.78 is 0. The van der Waals surface area contributed by atoms with Crippen LogP contribution in [-0.4, -0.2) is 47.4 Å². The largest absolute Gasteiger partial charge is 0.341 e. The number of nitrogens with zero attached hydrogens (tertiary/aromatic N) is 2. The summed E-state index contributed by atoms with van der Waals surface area (Å²) in [5.41, 5.74) is 7.44. The molecule has 0 aliphatic carbocycles. The van der Waals surface area contributed by atoms with Crippen molar-refractivity contribution in [2.45, 2.75) is 59.2 Å². The molecule has 4 heteroatoms. The zero-order valence-electron chi connectivity index (χ0n) is 16.3. The fraction of sp³-hybridized carbons (Fsp3) is 0.667. The molecule has 4 nitrogen and oxygen atoms in total. The smallest absolute Gasteiger partial charge is 0.239 e. The summed E-state index contributed by atoms with van der Waals surface area (Å²) in [5, 5.41) is 0. The highest BCUT2D eigenvalue weighted by molar-refractivity contribution is 5.82. The number of hydrogen-bond donors (Lipinski definition) is 1. The van der Waals surface area contributed by atoms with Gasteiger partial charge >= 0.3 is 0 Å². The number of rotatable bonds is 7. The number of likely N-dealkylation sites (tertiary alicyclic amines) is 1. The second-order valence-corrected chi connectivity index (χ2v) is 8.07. The fourth-order valence-corrected chi connectivity index (χ4v) is 3.52. The molecule has 1 aliphatic heterocycles. The zero-order chi connectivity index (χ0) is 18.4. The fourth-order valence-electron chi connectivity index (χ4n) is 3.52. The van der Waals surface area contributed by atoms with Crippen LogP contribution in [-0.2, 0) is 11.3 Å². The number of benzene rings is 1. The van der Waals surface area contributed by atoms with Gasteiger partial charge in [0.1, 0.15) is 0 Å². The van der Waals surface area contributed by atoms with E-state index in [0.717, 1.165) is 32.6 Å².